The number of hydrazine groups is 1. The van der Waals surface area contributed by atoms with E-state index < -0.39 is 23.7 Å². The van der Waals surface area contributed by atoms with Gasteiger partial charge in [0.2, 0.25) is 18.2 Å². The minimum absolute atomic E-state index is 0.0705. The van der Waals surface area contributed by atoms with Crippen molar-refractivity contribution in [2.75, 3.05) is 70.3 Å². The van der Waals surface area contributed by atoms with Gasteiger partial charge in [0.1, 0.15) is 23.4 Å². The van der Waals surface area contributed by atoms with Gasteiger partial charge in [-0.3, -0.25) is 30.0 Å². The molecule has 12 nitrogen and oxygen atoms in total. The Bertz CT molecular complexity index is 1330. The molecule has 4 rings (SSSR count). The first-order valence-electron chi connectivity index (χ1n) is 15.5. The highest BCUT2D eigenvalue weighted by molar-refractivity contribution is 5.95. The number of benzene rings is 1. The van der Waals surface area contributed by atoms with E-state index in [1.165, 1.54) is 23.1 Å². The number of carbonyl (C=O) groups excluding carboxylic acids is 3. The van der Waals surface area contributed by atoms with Crippen molar-refractivity contribution in [3.8, 4) is 5.75 Å². The minimum atomic E-state index is -1.35. The van der Waals surface area contributed by atoms with Crippen LogP contribution in [-0.4, -0.2) is 130 Å². The van der Waals surface area contributed by atoms with Gasteiger partial charge in [0.15, 0.2) is 0 Å². The maximum atomic E-state index is 14.8. The molecule has 0 bridgehead atoms. The second-order valence-corrected chi connectivity index (χ2v) is 11.5. The van der Waals surface area contributed by atoms with Crippen LogP contribution in [-0.2, 0) is 27.3 Å². The van der Waals surface area contributed by atoms with Crippen LogP contribution in [0.2, 0.25) is 0 Å². The summed E-state index contributed by atoms with van der Waals surface area (Å²) in [4.78, 5) is 53.8. The molecule has 2 aliphatic heterocycles. The Kier molecular flexibility index (Phi) is 12.0. The predicted molar refractivity (Wildman–Crippen MR) is 169 cm³/mol. The van der Waals surface area contributed by atoms with Gasteiger partial charge in [-0.2, -0.15) is 0 Å². The summed E-state index contributed by atoms with van der Waals surface area (Å²) in [7, 11) is 0. The van der Waals surface area contributed by atoms with Crippen LogP contribution in [0.1, 0.15) is 25.1 Å². The number of phenols is 1. The van der Waals surface area contributed by atoms with E-state index in [0.29, 0.717) is 11.7 Å². The van der Waals surface area contributed by atoms with Gasteiger partial charge in [0.05, 0.1) is 18.8 Å². The van der Waals surface area contributed by atoms with Crippen molar-refractivity contribution in [1.82, 2.24) is 29.6 Å². The number of imide groups is 1. The van der Waals surface area contributed by atoms with Crippen molar-refractivity contribution in [1.29, 1.82) is 0 Å². The summed E-state index contributed by atoms with van der Waals surface area (Å²) in [6.45, 7) is 15.0. The molecule has 45 heavy (non-hydrogen) atoms. The zero-order valence-electron chi connectivity index (χ0n) is 26.2. The Morgan fingerprint density at radius 2 is 1.91 bits per heavy atom. The van der Waals surface area contributed by atoms with Gasteiger partial charge in [0, 0.05) is 70.9 Å². The molecule has 0 aliphatic carbocycles. The van der Waals surface area contributed by atoms with E-state index >= 15 is 0 Å². The smallest absolute Gasteiger partial charge is 0.246 e. The summed E-state index contributed by atoms with van der Waals surface area (Å²) >= 11 is 0. The highest BCUT2D eigenvalue weighted by Crippen LogP contribution is 2.24. The molecule has 1 aromatic heterocycles. The van der Waals surface area contributed by atoms with Crippen LogP contribution in [0.5, 0.6) is 5.75 Å². The Morgan fingerprint density at radius 3 is 2.53 bits per heavy atom. The average Bonchev–Trinajstić information content (AvgIpc) is 3.00. The molecule has 0 unspecified atom stereocenters. The van der Waals surface area contributed by atoms with Crippen LogP contribution in [0, 0.1) is 5.82 Å². The average molecular weight is 625 g/mol. The molecule has 3 amide bonds. The lowest BCUT2D eigenvalue weighted by Crippen LogP contribution is -2.63. The highest BCUT2D eigenvalue weighted by Gasteiger charge is 2.36. The lowest BCUT2D eigenvalue weighted by Gasteiger charge is -2.48. The first-order chi connectivity index (χ1) is 21.7. The fourth-order valence-electron chi connectivity index (χ4n) is 5.81. The van der Waals surface area contributed by atoms with Crippen molar-refractivity contribution in [3.63, 3.8) is 0 Å². The molecule has 0 saturated carbocycles. The number of carbonyl (C=O) groups is 3. The molecular formula is C32H45FN8O4. The Labute approximate surface area is 264 Å². The number of phenolic OH excluding ortho intramolecular Hbond substituents is 1. The number of nitrogens with zero attached hydrogens (tertiary/aromatic N) is 7. The van der Waals surface area contributed by atoms with Gasteiger partial charge < -0.3 is 19.8 Å². The number of anilines is 1. The second kappa shape index (κ2) is 15.9. The van der Waals surface area contributed by atoms with Crippen molar-refractivity contribution >= 4 is 24.0 Å². The molecule has 244 valence electrons. The summed E-state index contributed by atoms with van der Waals surface area (Å²) in [6, 6.07) is 8.38. The molecule has 2 saturated heterocycles. The summed E-state index contributed by atoms with van der Waals surface area (Å²) < 4.78 is 14.8. The number of pyridine rings is 1. The van der Waals surface area contributed by atoms with Crippen LogP contribution in [0.25, 0.3) is 0 Å². The fourth-order valence-corrected chi connectivity index (χ4v) is 5.81. The van der Waals surface area contributed by atoms with Gasteiger partial charge in [-0.15, -0.1) is 6.58 Å². The Morgan fingerprint density at radius 1 is 1.18 bits per heavy atom. The summed E-state index contributed by atoms with van der Waals surface area (Å²) in [5, 5.41) is 10.8. The van der Waals surface area contributed by atoms with Gasteiger partial charge in [-0.1, -0.05) is 25.1 Å². The third-order valence-electron chi connectivity index (χ3n) is 8.57. The third-order valence-corrected chi connectivity index (χ3v) is 8.57. The normalized spacial score (nSPS) is 16.7. The van der Waals surface area contributed by atoms with Gasteiger partial charge in [-0.25, -0.2) is 14.4 Å². The van der Waals surface area contributed by atoms with E-state index in [2.05, 4.69) is 28.2 Å². The zero-order chi connectivity index (χ0) is 32.5. The number of amides is 3. The van der Waals surface area contributed by atoms with Gasteiger partial charge >= 0.3 is 0 Å². The third kappa shape index (κ3) is 8.63. The quantitative estimate of drug-likeness (QED) is 0.128. The highest BCUT2D eigenvalue weighted by atomic mass is 19.1. The van der Waals surface area contributed by atoms with Crippen LogP contribution in [0.3, 0.4) is 0 Å². The number of aromatic hydroxyl groups is 1. The zero-order valence-corrected chi connectivity index (χ0v) is 26.2. The van der Waals surface area contributed by atoms with Crippen LogP contribution < -0.4 is 10.7 Å². The minimum Gasteiger partial charge on any atom is -0.508 e. The van der Waals surface area contributed by atoms with E-state index in [1.54, 1.807) is 6.92 Å². The topological polar surface area (TPSA) is 130 Å². The summed E-state index contributed by atoms with van der Waals surface area (Å²) in [6.07, 6.45) is 1.49. The lowest BCUT2D eigenvalue weighted by atomic mass is 10.0. The number of hydrogen-bond donors (Lipinski definition) is 2. The monoisotopic (exact) mass is 624 g/mol. The Hall–Kier alpha value is -3.91. The molecule has 2 fully saturated rings. The van der Waals surface area contributed by atoms with Crippen molar-refractivity contribution in [3.05, 3.63) is 66.1 Å². The first kappa shape index (κ1) is 34.0. The summed E-state index contributed by atoms with van der Waals surface area (Å²) in [5.41, 5.74) is 0.724. The molecule has 1 aromatic carbocycles. The number of nitrogens with two attached hydrogens (primary N) is 1. The largest absolute Gasteiger partial charge is 0.508 e. The first-order valence-corrected chi connectivity index (χ1v) is 15.5. The van der Waals surface area contributed by atoms with Crippen LogP contribution in [0.4, 0.5) is 10.2 Å². The number of rotatable bonds is 15. The van der Waals surface area contributed by atoms with Crippen LogP contribution >= 0.6 is 0 Å². The van der Waals surface area contributed by atoms with E-state index in [4.69, 9.17) is 10.8 Å². The van der Waals surface area contributed by atoms with Crippen molar-refractivity contribution < 1.29 is 23.9 Å². The molecule has 3 heterocycles. The number of likely N-dealkylation sites (N-methyl/N-ethyl adjacent to an activating group) is 2. The fraction of sp³-hybridized carbons (Fsp3) is 0.500. The van der Waals surface area contributed by atoms with Crippen molar-refractivity contribution in [2.24, 2.45) is 5.84 Å². The molecule has 1 atom stereocenters. The maximum absolute atomic E-state index is 14.8. The lowest BCUT2D eigenvalue weighted by molar-refractivity contribution is -0.151. The number of aromatic nitrogens is 1. The van der Waals surface area contributed by atoms with Gasteiger partial charge in [0.25, 0.3) is 0 Å². The maximum Gasteiger partial charge on any atom is 0.246 e. The standard InChI is InChI=1S/C32H45FN8O4/c1-4-12-40(34)22-31(44)41(23-42)29(17-24-10-11-27(43)18-28(24)33)32(45)37(6-3)19-25-8-7-9-30(35-25)39-20-26(21-39)38-15-13-36(5-2)14-16-38/h4,7-11,18,23,26,29,43H,1,5-6,12-17,19-22,34H2,2-3H3/t29-/m0/s1. The van der Waals surface area contributed by atoms with E-state index in [9.17, 15) is 23.9 Å². The van der Waals surface area contributed by atoms with E-state index in [-0.39, 0.29) is 50.3 Å². The molecule has 13 heteroatoms. The van der Waals surface area contributed by atoms with Crippen molar-refractivity contribution in [2.45, 2.75) is 38.9 Å². The number of piperazine rings is 1. The molecule has 3 N–H and O–H groups in total. The molecular weight excluding hydrogens is 579 g/mol. The van der Waals surface area contributed by atoms with E-state index in [1.807, 2.05) is 18.2 Å². The number of halogens is 1. The Balaban J connectivity index is 1.48. The van der Waals surface area contributed by atoms with E-state index in [0.717, 1.165) is 67.6 Å². The number of hydrogen-bond acceptors (Lipinski definition) is 10. The molecule has 2 aromatic rings. The van der Waals surface area contributed by atoms with Crippen LogP contribution in [0.15, 0.2) is 49.1 Å². The molecule has 0 radical (unpaired) electrons. The van der Waals surface area contributed by atoms with Gasteiger partial charge in [-0.05, 0) is 37.2 Å². The molecule has 0 spiro atoms. The second-order valence-electron chi connectivity index (χ2n) is 11.5. The summed E-state index contributed by atoms with van der Waals surface area (Å²) in [5.74, 6) is 4.39. The molecule has 2 aliphatic rings. The predicted octanol–water partition coefficient (Wildman–Crippen LogP) is 1.06. The SMILES string of the molecule is C=CCN(N)CC(=O)N(C=O)[C@@H](Cc1ccc(O)cc1F)C(=O)N(CC)Cc1cccc(N2CC(N3CCN(CC)CC3)C2)n1.